The molecule has 6 nitrogen and oxygen atoms in total. The molecule has 0 radical (unpaired) electrons. The number of morpholine rings is 1. The van der Waals surface area contributed by atoms with E-state index in [9.17, 15) is 4.79 Å². The normalized spacial score (nSPS) is 20.4. The number of rotatable bonds is 7. The molecule has 1 saturated heterocycles. The summed E-state index contributed by atoms with van der Waals surface area (Å²) in [5.74, 6) is 0.850. The number of aromatic amines is 1. The van der Waals surface area contributed by atoms with E-state index in [1.165, 1.54) is 12.8 Å². The Kier molecular flexibility index (Phi) is 5.33. The van der Waals surface area contributed by atoms with Crippen molar-refractivity contribution >= 4 is 5.91 Å². The summed E-state index contributed by atoms with van der Waals surface area (Å²) in [7, 11) is 1.87. The number of aromatic nitrogens is 2. The summed E-state index contributed by atoms with van der Waals surface area (Å²) in [6.45, 7) is 6.38. The Bertz CT molecular complexity index is 520. The van der Waals surface area contributed by atoms with Gasteiger partial charge >= 0.3 is 0 Å². The van der Waals surface area contributed by atoms with E-state index in [0.29, 0.717) is 24.9 Å². The Morgan fingerprint density at radius 1 is 1.48 bits per heavy atom. The fourth-order valence-corrected chi connectivity index (χ4v) is 3.12. The van der Waals surface area contributed by atoms with E-state index in [1.807, 2.05) is 7.05 Å². The Balaban J connectivity index is 1.41. The lowest BCUT2D eigenvalue weighted by atomic mass is 10.1. The van der Waals surface area contributed by atoms with Crippen molar-refractivity contribution in [3.05, 3.63) is 17.5 Å². The second-order valence-electron chi connectivity index (χ2n) is 6.88. The highest BCUT2D eigenvalue weighted by molar-refractivity contribution is 5.75. The lowest BCUT2D eigenvalue weighted by Gasteiger charge is -2.32. The quantitative estimate of drug-likeness (QED) is 0.831. The molecule has 1 unspecified atom stereocenters. The van der Waals surface area contributed by atoms with Crippen LogP contribution in [0.2, 0.25) is 0 Å². The molecule has 0 aromatic carbocycles. The van der Waals surface area contributed by atoms with Crippen molar-refractivity contribution in [1.82, 2.24) is 20.0 Å². The average molecular weight is 320 g/mol. The summed E-state index contributed by atoms with van der Waals surface area (Å²) < 4.78 is 5.38. The smallest absolute Gasteiger partial charge is 0.222 e. The van der Waals surface area contributed by atoms with Crippen LogP contribution in [0.4, 0.5) is 0 Å². The third-order valence-corrected chi connectivity index (χ3v) is 4.92. The number of carbonyl (C=O) groups excluding carboxylic acids is 1. The largest absolute Gasteiger partial charge is 0.379 e. The van der Waals surface area contributed by atoms with Gasteiger partial charge in [0.1, 0.15) is 0 Å². The molecule has 1 aromatic heterocycles. The maximum Gasteiger partial charge on any atom is 0.222 e. The minimum absolute atomic E-state index is 0.202. The van der Waals surface area contributed by atoms with Crippen molar-refractivity contribution in [2.75, 3.05) is 33.4 Å². The summed E-state index contributed by atoms with van der Waals surface area (Å²) in [6, 6.07) is 2.54. The van der Waals surface area contributed by atoms with Crippen LogP contribution in [-0.4, -0.2) is 65.3 Å². The lowest BCUT2D eigenvalue weighted by molar-refractivity contribution is -0.130. The van der Waals surface area contributed by atoms with Gasteiger partial charge in [-0.1, -0.05) is 0 Å². The SMILES string of the molecule is CC(CCC(=O)N(C)Cc1cc(C2CC2)n[nH]1)N1CCOCC1. The molecule has 23 heavy (non-hydrogen) atoms. The monoisotopic (exact) mass is 320 g/mol. The standard InChI is InChI=1S/C17H28N4O2/c1-13(21-7-9-23-10-8-21)3-6-17(22)20(2)12-15-11-16(19-18-15)14-4-5-14/h11,13-14H,3-10,12H2,1-2H3,(H,18,19). The zero-order chi connectivity index (χ0) is 16.2. The molecule has 2 heterocycles. The molecular weight excluding hydrogens is 292 g/mol. The lowest BCUT2D eigenvalue weighted by Crippen LogP contribution is -2.42. The van der Waals surface area contributed by atoms with Gasteiger partial charge in [0.2, 0.25) is 5.91 Å². The highest BCUT2D eigenvalue weighted by Gasteiger charge is 2.26. The van der Waals surface area contributed by atoms with Crippen LogP contribution in [-0.2, 0) is 16.1 Å². The highest BCUT2D eigenvalue weighted by atomic mass is 16.5. The molecule has 2 aliphatic rings. The molecule has 6 heteroatoms. The number of nitrogens with one attached hydrogen (secondary N) is 1. The molecule has 1 atom stereocenters. The first-order valence-corrected chi connectivity index (χ1v) is 8.73. The first-order valence-electron chi connectivity index (χ1n) is 8.73. The fraction of sp³-hybridized carbons (Fsp3) is 0.765. The summed E-state index contributed by atoms with van der Waals surface area (Å²) in [5, 5.41) is 7.41. The molecule has 1 aromatic rings. The summed E-state index contributed by atoms with van der Waals surface area (Å²) in [5.41, 5.74) is 2.19. The number of nitrogens with zero attached hydrogens (tertiary/aromatic N) is 3. The topological polar surface area (TPSA) is 61.5 Å². The first-order chi connectivity index (χ1) is 11.1. The molecule has 0 bridgehead atoms. The number of carbonyl (C=O) groups is 1. The second-order valence-corrected chi connectivity index (χ2v) is 6.88. The zero-order valence-corrected chi connectivity index (χ0v) is 14.3. The van der Waals surface area contributed by atoms with Gasteiger partial charge in [0.15, 0.2) is 0 Å². The van der Waals surface area contributed by atoms with Gasteiger partial charge < -0.3 is 9.64 Å². The Morgan fingerprint density at radius 3 is 2.91 bits per heavy atom. The van der Waals surface area contributed by atoms with Gasteiger partial charge in [-0.05, 0) is 32.3 Å². The van der Waals surface area contributed by atoms with E-state index in [1.54, 1.807) is 4.90 Å². The van der Waals surface area contributed by atoms with E-state index < -0.39 is 0 Å². The van der Waals surface area contributed by atoms with Crippen molar-refractivity contribution in [1.29, 1.82) is 0 Å². The number of hydrogen-bond acceptors (Lipinski definition) is 4. The van der Waals surface area contributed by atoms with Crippen LogP contribution in [0.5, 0.6) is 0 Å². The number of amides is 1. The van der Waals surface area contributed by atoms with Crippen LogP contribution in [0.3, 0.4) is 0 Å². The summed E-state index contributed by atoms with van der Waals surface area (Å²) in [6.07, 6.45) is 4.00. The molecule has 3 rings (SSSR count). The predicted molar refractivity (Wildman–Crippen MR) is 88.1 cm³/mol. The molecule has 128 valence electrons. The van der Waals surface area contributed by atoms with Gasteiger partial charge in [-0.2, -0.15) is 5.10 Å². The van der Waals surface area contributed by atoms with Crippen LogP contribution in [0.15, 0.2) is 6.07 Å². The molecule has 0 spiro atoms. The van der Waals surface area contributed by atoms with E-state index in [2.05, 4.69) is 28.1 Å². The maximum atomic E-state index is 12.3. The molecule has 1 amide bonds. The van der Waals surface area contributed by atoms with E-state index in [-0.39, 0.29) is 5.91 Å². The summed E-state index contributed by atoms with van der Waals surface area (Å²) >= 11 is 0. The van der Waals surface area contributed by atoms with Gasteiger partial charge in [0.25, 0.3) is 0 Å². The van der Waals surface area contributed by atoms with E-state index in [0.717, 1.165) is 44.1 Å². The molecule has 1 N–H and O–H groups in total. The van der Waals surface area contributed by atoms with Gasteiger partial charge in [-0.3, -0.25) is 14.8 Å². The van der Waals surface area contributed by atoms with Gasteiger partial charge in [-0.15, -0.1) is 0 Å². The van der Waals surface area contributed by atoms with Gasteiger partial charge in [0.05, 0.1) is 31.1 Å². The Hall–Kier alpha value is -1.40. The van der Waals surface area contributed by atoms with E-state index >= 15 is 0 Å². The highest BCUT2D eigenvalue weighted by Crippen LogP contribution is 2.39. The van der Waals surface area contributed by atoms with Crippen LogP contribution in [0.25, 0.3) is 0 Å². The van der Waals surface area contributed by atoms with Gasteiger partial charge in [0, 0.05) is 38.5 Å². The predicted octanol–water partition coefficient (Wildman–Crippen LogP) is 1.75. The number of ether oxygens (including phenoxy) is 1. The van der Waals surface area contributed by atoms with Gasteiger partial charge in [-0.25, -0.2) is 0 Å². The zero-order valence-electron chi connectivity index (χ0n) is 14.3. The van der Waals surface area contributed by atoms with Crippen LogP contribution in [0.1, 0.15) is 49.9 Å². The van der Waals surface area contributed by atoms with Crippen molar-refractivity contribution in [3.63, 3.8) is 0 Å². The van der Waals surface area contributed by atoms with Crippen LogP contribution >= 0.6 is 0 Å². The van der Waals surface area contributed by atoms with Crippen LogP contribution in [0, 0.1) is 0 Å². The molecule has 1 saturated carbocycles. The minimum Gasteiger partial charge on any atom is -0.379 e. The third-order valence-electron chi connectivity index (χ3n) is 4.92. The Morgan fingerprint density at radius 2 is 2.22 bits per heavy atom. The van der Waals surface area contributed by atoms with Crippen molar-refractivity contribution < 1.29 is 9.53 Å². The first kappa shape index (κ1) is 16.5. The maximum absolute atomic E-state index is 12.3. The van der Waals surface area contributed by atoms with E-state index in [4.69, 9.17) is 4.74 Å². The second kappa shape index (κ2) is 7.45. The molecule has 1 aliphatic heterocycles. The van der Waals surface area contributed by atoms with Crippen LogP contribution < -0.4 is 0 Å². The Labute approximate surface area is 138 Å². The van der Waals surface area contributed by atoms with Crippen molar-refractivity contribution in [2.45, 2.75) is 51.1 Å². The molecule has 1 aliphatic carbocycles. The molecular formula is C17H28N4O2. The average Bonchev–Trinajstić information content (AvgIpc) is 3.33. The number of hydrogen-bond donors (Lipinski definition) is 1. The van der Waals surface area contributed by atoms with Crippen molar-refractivity contribution in [3.8, 4) is 0 Å². The minimum atomic E-state index is 0.202. The van der Waals surface area contributed by atoms with Crippen molar-refractivity contribution in [2.24, 2.45) is 0 Å². The molecule has 2 fully saturated rings. The summed E-state index contributed by atoms with van der Waals surface area (Å²) in [4.78, 5) is 16.5. The third kappa shape index (κ3) is 4.54. The number of H-pyrrole nitrogens is 1. The fourth-order valence-electron chi connectivity index (χ4n) is 3.12.